The minimum Gasteiger partial charge on any atom is -0.550 e. The van der Waals surface area contributed by atoms with Crippen molar-refractivity contribution in [1.82, 2.24) is 0 Å². The monoisotopic (exact) mass is 327 g/mol. The molecule has 4 heteroatoms. The van der Waals surface area contributed by atoms with Gasteiger partial charge in [0.1, 0.15) is 12.6 Å². The van der Waals surface area contributed by atoms with Crippen LogP contribution in [0.15, 0.2) is 12.2 Å². The molecule has 0 fully saturated rings. The van der Waals surface area contributed by atoms with Crippen LogP contribution in [0.4, 0.5) is 0 Å². The second kappa shape index (κ2) is 12.5. The fourth-order valence-corrected chi connectivity index (χ4v) is 3.18. The van der Waals surface area contributed by atoms with Gasteiger partial charge < -0.3 is 19.5 Å². The van der Waals surface area contributed by atoms with E-state index in [9.17, 15) is 15.0 Å². The number of nitrogens with zero attached hydrogens (tertiary/aromatic N) is 1. The van der Waals surface area contributed by atoms with Crippen molar-refractivity contribution in [1.29, 1.82) is 0 Å². The normalized spacial score (nSPS) is 15.0. The SMILES string of the molecule is CCCC/C=C/C(O)C[N+](CCC)(CCC)CCC(C)C(=O)[O-]. The molecule has 2 atom stereocenters. The average molecular weight is 328 g/mol. The zero-order chi connectivity index (χ0) is 17.7. The van der Waals surface area contributed by atoms with Crippen molar-refractivity contribution in [3.63, 3.8) is 0 Å². The molecule has 0 heterocycles. The molecule has 0 spiro atoms. The van der Waals surface area contributed by atoms with E-state index >= 15 is 0 Å². The van der Waals surface area contributed by atoms with Gasteiger partial charge in [-0.05, 0) is 19.3 Å². The predicted octanol–water partition coefficient (Wildman–Crippen LogP) is 2.51. The lowest BCUT2D eigenvalue weighted by atomic mass is 10.1. The smallest absolute Gasteiger partial charge is 0.121 e. The van der Waals surface area contributed by atoms with Crippen LogP contribution in [0.5, 0.6) is 0 Å². The Balaban J connectivity index is 4.80. The summed E-state index contributed by atoms with van der Waals surface area (Å²) in [6.07, 6.45) is 9.52. The molecule has 136 valence electrons. The van der Waals surface area contributed by atoms with Crippen LogP contribution < -0.4 is 5.11 Å². The Morgan fingerprint density at radius 1 is 1.13 bits per heavy atom. The summed E-state index contributed by atoms with van der Waals surface area (Å²) in [5.41, 5.74) is 0. The molecule has 0 aliphatic heterocycles. The number of carboxylic acid groups (broad SMARTS) is 1. The van der Waals surface area contributed by atoms with Crippen molar-refractivity contribution in [2.24, 2.45) is 5.92 Å². The van der Waals surface area contributed by atoms with Gasteiger partial charge in [0.05, 0.1) is 19.6 Å². The molecule has 0 rings (SSSR count). The highest BCUT2D eigenvalue weighted by molar-refractivity contribution is 5.66. The van der Waals surface area contributed by atoms with Crippen LogP contribution in [0.3, 0.4) is 0 Å². The summed E-state index contributed by atoms with van der Waals surface area (Å²) in [5.74, 6) is -1.41. The molecular weight excluding hydrogens is 290 g/mol. The quantitative estimate of drug-likeness (QED) is 0.303. The van der Waals surface area contributed by atoms with Crippen LogP contribution in [0, 0.1) is 5.92 Å². The van der Waals surface area contributed by atoms with Crippen molar-refractivity contribution in [3.8, 4) is 0 Å². The van der Waals surface area contributed by atoms with Crippen LogP contribution in [0.2, 0.25) is 0 Å². The highest BCUT2D eigenvalue weighted by atomic mass is 16.4. The Hall–Kier alpha value is -0.870. The van der Waals surface area contributed by atoms with Gasteiger partial charge in [-0.3, -0.25) is 0 Å². The molecule has 0 radical (unpaired) electrons. The predicted molar refractivity (Wildman–Crippen MR) is 93.8 cm³/mol. The molecule has 23 heavy (non-hydrogen) atoms. The molecule has 4 nitrogen and oxygen atoms in total. The molecule has 1 N–H and O–H groups in total. The van der Waals surface area contributed by atoms with Gasteiger partial charge in [0.15, 0.2) is 0 Å². The van der Waals surface area contributed by atoms with Gasteiger partial charge in [0, 0.05) is 18.3 Å². The molecule has 0 bridgehead atoms. The maximum atomic E-state index is 11.0. The molecule has 0 saturated heterocycles. The van der Waals surface area contributed by atoms with Gasteiger partial charge in [-0.15, -0.1) is 0 Å². The fourth-order valence-electron chi connectivity index (χ4n) is 3.18. The first kappa shape index (κ1) is 22.1. The Morgan fingerprint density at radius 3 is 2.22 bits per heavy atom. The van der Waals surface area contributed by atoms with Crippen molar-refractivity contribution in [2.75, 3.05) is 26.2 Å². The third-order valence-electron chi connectivity index (χ3n) is 4.49. The Bertz CT molecular complexity index is 336. The number of rotatable bonds is 14. The van der Waals surface area contributed by atoms with Gasteiger partial charge >= 0.3 is 0 Å². The largest absolute Gasteiger partial charge is 0.550 e. The summed E-state index contributed by atoms with van der Waals surface area (Å²) < 4.78 is 0.796. The molecule has 0 aliphatic carbocycles. The molecule has 0 aromatic heterocycles. The van der Waals surface area contributed by atoms with Crippen LogP contribution in [0.1, 0.15) is 66.2 Å². The summed E-state index contributed by atoms with van der Waals surface area (Å²) in [6.45, 7) is 11.6. The first-order chi connectivity index (χ1) is 10.9. The van der Waals surface area contributed by atoms with E-state index in [1.54, 1.807) is 6.92 Å². The summed E-state index contributed by atoms with van der Waals surface area (Å²) >= 11 is 0. The fraction of sp³-hybridized carbons (Fsp3) is 0.842. The van der Waals surface area contributed by atoms with Gasteiger partial charge in [-0.1, -0.05) is 52.7 Å². The summed E-state index contributed by atoms with van der Waals surface area (Å²) in [4.78, 5) is 11.0. The zero-order valence-corrected chi connectivity index (χ0v) is 15.6. The van der Waals surface area contributed by atoms with Crippen LogP contribution in [-0.2, 0) is 4.79 Å². The number of unbranched alkanes of at least 4 members (excludes halogenated alkanes) is 2. The maximum Gasteiger partial charge on any atom is 0.121 e. The van der Waals surface area contributed by atoms with E-state index in [-0.39, 0.29) is 0 Å². The molecule has 0 aromatic rings. The van der Waals surface area contributed by atoms with Crippen LogP contribution >= 0.6 is 0 Å². The van der Waals surface area contributed by atoms with E-state index in [2.05, 4.69) is 26.8 Å². The first-order valence-corrected chi connectivity index (χ1v) is 9.31. The highest BCUT2D eigenvalue weighted by Crippen LogP contribution is 2.16. The van der Waals surface area contributed by atoms with Crippen molar-refractivity contribution < 1.29 is 19.5 Å². The van der Waals surface area contributed by atoms with Gasteiger partial charge in [-0.2, -0.15) is 0 Å². The molecular formula is C19H37NO3. The second-order valence-electron chi connectivity index (χ2n) is 6.84. The third-order valence-corrected chi connectivity index (χ3v) is 4.49. The maximum absolute atomic E-state index is 11.0. The first-order valence-electron chi connectivity index (χ1n) is 9.31. The molecule has 2 unspecified atom stereocenters. The number of carbonyl (C=O) groups excluding carboxylic acids is 1. The minimum absolute atomic E-state index is 0.432. The number of allylic oxidation sites excluding steroid dienone is 1. The van der Waals surface area contributed by atoms with E-state index < -0.39 is 18.0 Å². The minimum atomic E-state index is -0.976. The van der Waals surface area contributed by atoms with Gasteiger partial charge in [0.2, 0.25) is 0 Å². The number of aliphatic hydroxyl groups is 1. The standard InChI is InChI=1S/C19H37NO3/c1-5-8-9-10-11-18(21)16-20(13-6-2,14-7-3)15-12-17(4)19(22)23/h10-11,17-18,21H,5-9,12-16H2,1-4H3/b11-10+. The van der Waals surface area contributed by atoms with Crippen LogP contribution in [-0.4, -0.2) is 47.8 Å². The van der Waals surface area contributed by atoms with Crippen molar-refractivity contribution in [2.45, 2.75) is 72.3 Å². The van der Waals surface area contributed by atoms with Crippen molar-refractivity contribution >= 4 is 5.97 Å². The summed E-state index contributed by atoms with van der Waals surface area (Å²) in [6, 6.07) is 0. The Morgan fingerprint density at radius 2 is 1.74 bits per heavy atom. The molecule has 0 aliphatic rings. The number of hydrogen-bond donors (Lipinski definition) is 1. The van der Waals surface area contributed by atoms with E-state index in [0.29, 0.717) is 13.0 Å². The van der Waals surface area contributed by atoms with Gasteiger partial charge in [0.25, 0.3) is 0 Å². The van der Waals surface area contributed by atoms with E-state index in [0.717, 1.165) is 56.2 Å². The van der Waals surface area contributed by atoms with E-state index in [4.69, 9.17) is 0 Å². The second-order valence-corrected chi connectivity index (χ2v) is 6.84. The van der Waals surface area contributed by atoms with Gasteiger partial charge in [-0.25, -0.2) is 0 Å². The molecule has 0 amide bonds. The number of carbonyl (C=O) groups is 1. The Labute approximate surface area is 142 Å². The summed E-state index contributed by atoms with van der Waals surface area (Å²) in [5, 5.41) is 21.4. The lowest BCUT2D eigenvalue weighted by Gasteiger charge is -2.40. The topological polar surface area (TPSA) is 60.4 Å². The van der Waals surface area contributed by atoms with Crippen LogP contribution in [0.25, 0.3) is 0 Å². The van der Waals surface area contributed by atoms with Crippen molar-refractivity contribution in [3.05, 3.63) is 12.2 Å². The number of quaternary nitrogens is 1. The van der Waals surface area contributed by atoms with E-state index in [1.165, 1.54) is 0 Å². The lowest BCUT2D eigenvalue weighted by Crippen LogP contribution is -2.54. The Kier molecular flexibility index (Phi) is 12.1. The zero-order valence-electron chi connectivity index (χ0n) is 15.6. The number of aliphatic carboxylic acids is 1. The highest BCUT2D eigenvalue weighted by Gasteiger charge is 2.28. The van der Waals surface area contributed by atoms with E-state index in [1.807, 2.05) is 6.08 Å². The number of hydrogen-bond acceptors (Lipinski definition) is 3. The number of aliphatic hydroxyl groups excluding tert-OH is 1. The number of carboxylic acids is 1. The molecule has 0 saturated carbocycles. The lowest BCUT2D eigenvalue weighted by molar-refractivity contribution is -0.930. The molecule has 0 aromatic carbocycles. The summed E-state index contributed by atoms with van der Waals surface area (Å²) in [7, 11) is 0. The average Bonchev–Trinajstić information content (AvgIpc) is 2.49. The third kappa shape index (κ3) is 9.77.